The molecule has 1 aliphatic rings. The topological polar surface area (TPSA) is 61.6 Å². The molecule has 2 heterocycles. The Morgan fingerprint density at radius 1 is 1.41 bits per heavy atom. The van der Waals surface area contributed by atoms with Gasteiger partial charge in [0, 0.05) is 39.0 Å². The standard InChI is InChI=1S/C16H28N4O2/c1-3-4-9-19(10-6-13-21)14-7-5-11-20(16(14)22)15-8-12-18(2)17-15/h8,12,14,21H,3-7,9-11,13H2,1-2H3. The third-order valence-corrected chi connectivity index (χ3v) is 4.23. The zero-order valence-electron chi connectivity index (χ0n) is 13.7. The minimum Gasteiger partial charge on any atom is -0.396 e. The normalized spacial score (nSPS) is 19.2. The molecular weight excluding hydrogens is 280 g/mol. The van der Waals surface area contributed by atoms with E-state index in [9.17, 15) is 4.79 Å². The summed E-state index contributed by atoms with van der Waals surface area (Å²) in [6.45, 7) is 4.78. The second kappa shape index (κ2) is 8.29. The van der Waals surface area contributed by atoms with Crippen LogP contribution in [0.4, 0.5) is 5.82 Å². The molecule has 124 valence electrons. The van der Waals surface area contributed by atoms with Gasteiger partial charge in [0.05, 0.1) is 6.04 Å². The predicted octanol–water partition coefficient (Wildman–Crippen LogP) is 1.40. The van der Waals surface area contributed by atoms with Crippen LogP contribution in [-0.2, 0) is 11.8 Å². The summed E-state index contributed by atoms with van der Waals surface area (Å²) in [5.74, 6) is 0.897. The van der Waals surface area contributed by atoms with Crippen molar-refractivity contribution in [3.8, 4) is 0 Å². The van der Waals surface area contributed by atoms with Crippen LogP contribution in [0.2, 0.25) is 0 Å². The molecule has 1 unspecified atom stereocenters. The third-order valence-electron chi connectivity index (χ3n) is 4.23. The summed E-state index contributed by atoms with van der Waals surface area (Å²) in [7, 11) is 1.87. The fourth-order valence-electron chi connectivity index (χ4n) is 3.03. The maximum Gasteiger partial charge on any atom is 0.245 e. The van der Waals surface area contributed by atoms with E-state index in [-0.39, 0.29) is 18.6 Å². The van der Waals surface area contributed by atoms with Crippen molar-refractivity contribution in [1.82, 2.24) is 14.7 Å². The number of piperidine rings is 1. The van der Waals surface area contributed by atoms with Gasteiger partial charge in [-0.2, -0.15) is 5.10 Å². The summed E-state index contributed by atoms with van der Waals surface area (Å²) >= 11 is 0. The van der Waals surface area contributed by atoms with Gasteiger partial charge in [-0.1, -0.05) is 13.3 Å². The van der Waals surface area contributed by atoms with Crippen molar-refractivity contribution in [3.63, 3.8) is 0 Å². The predicted molar refractivity (Wildman–Crippen MR) is 86.8 cm³/mol. The van der Waals surface area contributed by atoms with Crippen molar-refractivity contribution >= 4 is 11.7 Å². The number of carbonyl (C=O) groups is 1. The SMILES string of the molecule is CCCCN(CCCO)C1CCCN(c2ccn(C)n2)C1=O. The fourth-order valence-corrected chi connectivity index (χ4v) is 3.03. The molecule has 6 heteroatoms. The van der Waals surface area contributed by atoms with Gasteiger partial charge in [0.1, 0.15) is 0 Å². The van der Waals surface area contributed by atoms with E-state index in [2.05, 4.69) is 16.9 Å². The molecule has 1 aromatic rings. The van der Waals surface area contributed by atoms with Crippen LogP contribution in [0.3, 0.4) is 0 Å². The number of amides is 1. The Bertz CT molecular complexity index is 466. The highest BCUT2D eigenvalue weighted by molar-refractivity contribution is 5.97. The lowest BCUT2D eigenvalue weighted by molar-refractivity contribution is -0.125. The summed E-state index contributed by atoms with van der Waals surface area (Å²) in [5, 5.41) is 13.5. The Morgan fingerprint density at radius 3 is 2.82 bits per heavy atom. The molecule has 1 aromatic heterocycles. The molecule has 0 spiro atoms. The van der Waals surface area contributed by atoms with E-state index in [0.717, 1.165) is 57.6 Å². The largest absolute Gasteiger partial charge is 0.396 e. The molecular formula is C16H28N4O2. The lowest BCUT2D eigenvalue weighted by Crippen LogP contribution is -2.53. The van der Waals surface area contributed by atoms with E-state index in [1.165, 1.54) is 0 Å². The first-order valence-electron chi connectivity index (χ1n) is 8.33. The molecule has 2 rings (SSSR count). The van der Waals surface area contributed by atoms with E-state index in [1.54, 1.807) is 4.68 Å². The number of nitrogens with zero attached hydrogens (tertiary/aromatic N) is 4. The molecule has 1 atom stereocenters. The van der Waals surface area contributed by atoms with E-state index in [0.29, 0.717) is 0 Å². The summed E-state index contributed by atoms with van der Waals surface area (Å²) < 4.78 is 1.73. The van der Waals surface area contributed by atoms with Crippen molar-refractivity contribution < 1.29 is 9.90 Å². The number of aliphatic hydroxyl groups excluding tert-OH is 1. The van der Waals surface area contributed by atoms with E-state index in [4.69, 9.17) is 5.11 Å². The maximum atomic E-state index is 12.9. The zero-order chi connectivity index (χ0) is 15.9. The van der Waals surface area contributed by atoms with Crippen LogP contribution in [-0.4, -0.2) is 58.0 Å². The number of carbonyl (C=O) groups excluding carboxylic acids is 1. The van der Waals surface area contributed by atoms with Gasteiger partial charge in [-0.05, 0) is 32.2 Å². The summed E-state index contributed by atoms with van der Waals surface area (Å²) in [6, 6.07) is 1.82. The molecule has 1 amide bonds. The summed E-state index contributed by atoms with van der Waals surface area (Å²) in [6.07, 6.45) is 6.68. The van der Waals surface area contributed by atoms with Gasteiger partial charge in [-0.3, -0.25) is 19.3 Å². The number of aromatic nitrogens is 2. The Labute approximate surface area is 132 Å². The number of unbranched alkanes of at least 4 members (excludes halogenated alkanes) is 1. The van der Waals surface area contributed by atoms with Gasteiger partial charge in [-0.25, -0.2) is 0 Å². The van der Waals surface area contributed by atoms with Crippen molar-refractivity contribution in [1.29, 1.82) is 0 Å². The van der Waals surface area contributed by atoms with Crippen LogP contribution in [0, 0.1) is 0 Å². The van der Waals surface area contributed by atoms with Gasteiger partial charge >= 0.3 is 0 Å². The molecule has 6 nitrogen and oxygen atoms in total. The first-order valence-corrected chi connectivity index (χ1v) is 8.33. The first kappa shape index (κ1) is 17.0. The number of aryl methyl sites for hydroxylation is 1. The second-order valence-corrected chi connectivity index (χ2v) is 5.96. The van der Waals surface area contributed by atoms with E-state index < -0.39 is 0 Å². The van der Waals surface area contributed by atoms with E-state index in [1.807, 2.05) is 24.2 Å². The number of hydrogen-bond donors (Lipinski definition) is 1. The molecule has 0 saturated carbocycles. The number of aliphatic hydroxyl groups is 1. The minimum absolute atomic E-state index is 0.0751. The highest BCUT2D eigenvalue weighted by atomic mass is 16.3. The monoisotopic (exact) mass is 308 g/mol. The highest BCUT2D eigenvalue weighted by Crippen LogP contribution is 2.23. The molecule has 0 aromatic carbocycles. The second-order valence-electron chi connectivity index (χ2n) is 5.96. The quantitative estimate of drug-likeness (QED) is 0.788. The average Bonchev–Trinajstić information content (AvgIpc) is 2.94. The Balaban J connectivity index is 2.08. The molecule has 1 aliphatic heterocycles. The smallest absolute Gasteiger partial charge is 0.245 e. The van der Waals surface area contributed by atoms with Crippen LogP contribution in [0.15, 0.2) is 12.3 Å². The van der Waals surface area contributed by atoms with E-state index >= 15 is 0 Å². The molecule has 1 saturated heterocycles. The number of anilines is 1. The van der Waals surface area contributed by atoms with Gasteiger partial charge in [0.15, 0.2) is 5.82 Å². The van der Waals surface area contributed by atoms with Crippen molar-refractivity contribution in [3.05, 3.63) is 12.3 Å². The lowest BCUT2D eigenvalue weighted by atomic mass is 10.0. The van der Waals surface area contributed by atoms with Gasteiger partial charge in [0.2, 0.25) is 5.91 Å². The zero-order valence-corrected chi connectivity index (χ0v) is 13.7. The van der Waals surface area contributed by atoms with Gasteiger partial charge in [-0.15, -0.1) is 0 Å². The Morgan fingerprint density at radius 2 is 2.18 bits per heavy atom. The molecule has 0 bridgehead atoms. The summed E-state index contributed by atoms with van der Waals surface area (Å²) in [4.78, 5) is 16.9. The van der Waals surface area contributed by atoms with Crippen LogP contribution in [0.1, 0.15) is 39.0 Å². The molecule has 22 heavy (non-hydrogen) atoms. The third kappa shape index (κ3) is 4.08. The van der Waals surface area contributed by atoms with Crippen molar-refractivity contribution in [2.45, 2.75) is 45.1 Å². The van der Waals surface area contributed by atoms with Crippen LogP contribution < -0.4 is 4.90 Å². The fraction of sp³-hybridized carbons (Fsp3) is 0.750. The Hall–Kier alpha value is -1.40. The van der Waals surface area contributed by atoms with Crippen molar-refractivity contribution in [2.75, 3.05) is 31.1 Å². The van der Waals surface area contributed by atoms with Gasteiger partial charge in [0.25, 0.3) is 0 Å². The van der Waals surface area contributed by atoms with Crippen molar-refractivity contribution in [2.24, 2.45) is 7.05 Å². The average molecular weight is 308 g/mol. The molecule has 1 fully saturated rings. The molecule has 0 radical (unpaired) electrons. The summed E-state index contributed by atoms with van der Waals surface area (Å²) in [5.41, 5.74) is 0. The minimum atomic E-state index is -0.0751. The number of rotatable bonds is 8. The van der Waals surface area contributed by atoms with Crippen LogP contribution in [0.5, 0.6) is 0 Å². The lowest BCUT2D eigenvalue weighted by Gasteiger charge is -2.37. The van der Waals surface area contributed by atoms with Crippen LogP contribution >= 0.6 is 0 Å². The maximum absolute atomic E-state index is 12.9. The Kier molecular flexibility index (Phi) is 6.39. The molecule has 0 aliphatic carbocycles. The van der Waals surface area contributed by atoms with Crippen LogP contribution in [0.25, 0.3) is 0 Å². The first-order chi connectivity index (χ1) is 10.7. The van der Waals surface area contributed by atoms with Gasteiger partial charge < -0.3 is 5.11 Å². The molecule has 1 N–H and O–H groups in total. The highest BCUT2D eigenvalue weighted by Gasteiger charge is 2.34. The number of hydrogen-bond acceptors (Lipinski definition) is 4.